The number of carboxylic acids is 1. The molecule has 0 aliphatic rings. The summed E-state index contributed by atoms with van der Waals surface area (Å²) in [4.78, 5) is 10.9. The Morgan fingerprint density at radius 3 is 2.24 bits per heavy atom. The van der Waals surface area contributed by atoms with Gasteiger partial charge in [-0.1, -0.05) is 53.5 Å². The van der Waals surface area contributed by atoms with Gasteiger partial charge in [-0.25, -0.2) is 13.2 Å². The average Bonchev–Trinajstić information content (AvgIpc) is 2.38. The summed E-state index contributed by atoms with van der Waals surface area (Å²) in [5.74, 6) is -1.64. The molecule has 0 atom stereocenters. The molecular formula is C14H10Cl2O4S. The van der Waals surface area contributed by atoms with Gasteiger partial charge >= 0.3 is 5.97 Å². The highest BCUT2D eigenvalue weighted by molar-refractivity contribution is 7.90. The summed E-state index contributed by atoms with van der Waals surface area (Å²) in [6.45, 7) is 0. The van der Waals surface area contributed by atoms with Gasteiger partial charge in [-0.2, -0.15) is 0 Å². The summed E-state index contributed by atoms with van der Waals surface area (Å²) in [7, 11) is -3.77. The second kappa shape index (κ2) is 6.05. The Hall–Kier alpha value is -1.56. The maximum absolute atomic E-state index is 12.4. The minimum absolute atomic E-state index is 0.105. The summed E-state index contributed by atoms with van der Waals surface area (Å²) in [6, 6.07) is 11.0. The quantitative estimate of drug-likeness (QED) is 0.918. The Kier molecular flexibility index (Phi) is 4.56. The first-order valence-corrected chi connectivity index (χ1v) is 8.21. The molecule has 0 radical (unpaired) electrons. The van der Waals surface area contributed by atoms with Gasteiger partial charge in [-0.3, -0.25) is 0 Å². The van der Waals surface area contributed by atoms with Crippen molar-refractivity contribution >= 4 is 39.0 Å². The van der Waals surface area contributed by atoms with Crippen LogP contribution in [0.1, 0.15) is 15.9 Å². The Labute approximate surface area is 131 Å². The number of hydrogen-bond acceptors (Lipinski definition) is 3. The minimum Gasteiger partial charge on any atom is -0.478 e. The maximum Gasteiger partial charge on any atom is 0.338 e. The number of rotatable bonds is 4. The SMILES string of the molecule is O=C(O)c1c(Cl)ccc(S(=O)(=O)Cc2ccccc2)c1Cl. The molecule has 0 aromatic heterocycles. The van der Waals surface area contributed by atoms with Crippen LogP contribution in [0.2, 0.25) is 10.0 Å². The van der Waals surface area contributed by atoms with Crippen LogP contribution in [0.15, 0.2) is 47.4 Å². The smallest absolute Gasteiger partial charge is 0.338 e. The van der Waals surface area contributed by atoms with Crippen molar-refractivity contribution in [3.8, 4) is 0 Å². The normalized spacial score (nSPS) is 11.3. The summed E-state index contributed by atoms with van der Waals surface area (Å²) >= 11 is 11.7. The summed E-state index contributed by atoms with van der Waals surface area (Å²) < 4.78 is 24.8. The summed E-state index contributed by atoms with van der Waals surface area (Å²) in [5.41, 5.74) is 0.174. The predicted octanol–water partition coefficient (Wildman–Crippen LogP) is 3.67. The molecule has 0 saturated carbocycles. The molecule has 2 rings (SSSR count). The first-order chi connectivity index (χ1) is 9.83. The molecule has 0 heterocycles. The van der Waals surface area contributed by atoms with Gasteiger partial charge in [0.25, 0.3) is 0 Å². The number of carbonyl (C=O) groups is 1. The Morgan fingerprint density at radius 2 is 1.67 bits per heavy atom. The molecule has 0 spiro atoms. The second-order valence-corrected chi connectivity index (χ2v) is 7.03. The third-order valence-electron chi connectivity index (χ3n) is 2.80. The lowest BCUT2D eigenvalue weighted by Gasteiger charge is -2.10. The maximum atomic E-state index is 12.4. The van der Waals surface area contributed by atoms with E-state index >= 15 is 0 Å². The molecule has 0 unspecified atom stereocenters. The van der Waals surface area contributed by atoms with E-state index < -0.39 is 21.4 Å². The zero-order valence-electron chi connectivity index (χ0n) is 10.6. The van der Waals surface area contributed by atoms with Crippen molar-refractivity contribution in [2.75, 3.05) is 0 Å². The monoisotopic (exact) mass is 344 g/mol. The molecule has 0 amide bonds. The molecule has 0 fully saturated rings. The minimum atomic E-state index is -3.77. The van der Waals surface area contributed by atoms with Gasteiger partial charge in [0.2, 0.25) is 0 Å². The van der Waals surface area contributed by atoms with E-state index in [2.05, 4.69) is 0 Å². The molecule has 2 aromatic carbocycles. The fraction of sp³-hybridized carbons (Fsp3) is 0.0714. The van der Waals surface area contributed by atoms with Crippen molar-refractivity contribution in [1.82, 2.24) is 0 Å². The van der Waals surface area contributed by atoms with Gasteiger partial charge in [-0.15, -0.1) is 0 Å². The summed E-state index contributed by atoms with van der Waals surface area (Å²) in [5, 5.41) is 8.59. The number of aromatic carboxylic acids is 1. The van der Waals surface area contributed by atoms with Crippen LogP contribution < -0.4 is 0 Å². The van der Waals surface area contributed by atoms with Crippen LogP contribution in [0.5, 0.6) is 0 Å². The van der Waals surface area contributed by atoms with Gasteiger partial charge in [0.15, 0.2) is 9.84 Å². The lowest BCUT2D eigenvalue weighted by molar-refractivity contribution is 0.0697. The molecule has 2 aromatic rings. The van der Waals surface area contributed by atoms with Crippen LogP contribution in [0.4, 0.5) is 0 Å². The van der Waals surface area contributed by atoms with Gasteiger partial charge in [0.1, 0.15) is 0 Å². The van der Waals surface area contributed by atoms with Crippen molar-refractivity contribution in [2.45, 2.75) is 10.6 Å². The lowest BCUT2D eigenvalue weighted by Crippen LogP contribution is -2.09. The molecule has 0 aliphatic carbocycles. The van der Waals surface area contributed by atoms with E-state index in [-0.39, 0.29) is 20.7 Å². The average molecular weight is 345 g/mol. The van der Waals surface area contributed by atoms with Crippen LogP contribution in [0.25, 0.3) is 0 Å². The van der Waals surface area contributed by atoms with Crippen molar-refractivity contribution in [3.63, 3.8) is 0 Å². The van der Waals surface area contributed by atoms with Crippen molar-refractivity contribution in [1.29, 1.82) is 0 Å². The van der Waals surface area contributed by atoms with Crippen LogP contribution in [-0.4, -0.2) is 19.5 Å². The fourth-order valence-corrected chi connectivity index (χ4v) is 4.16. The molecule has 1 N–H and O–H groups in total. The van der Waals surface area contributed by atoms with Crippen molar-refractivity contribution in [2.24, 2.45) is 0 Å². The van der Waals surface area contributed by atoms with E-state index in [0.717, 1.165) is 0 Å². The molecule has 21 heavy (non-hydrogen) atoms. The van der Waals surface area contributed by atoms with Crippen molar-refractivity contribution in [3.05, 3.63) is 63.6 Å². The number of halogens is 2. The zero-order chi connectivity index (χ0) is 15.6. The predicted molar refractivity (Wildman–Crippen MR) is 80.8 cm³/mol. The standard InChI is InChI=1S/C14H10Cl2O4S/c15-10-6-7-11(13(16)12(10)14(17)18)21(19,20)8-9-4-2-1-3-5-9/h1-7H,8H2,(H,17,18). The fourth-order valence-electron chi connectivity index (χ4n) is 1.84. The van der Waals surface area contributed by atoms with Crippen LogP contribution in [0.3, 0.4) is 0 Å². The second-order valence-electron chi connectivity index (χ2n) is 4.28. The highest BCUT2D eigenvalue weighted by Crippen LogP contribution is 2.32. The number of hydrogen-bond donors (Lipinski definition) is 1. The number of sulfone groups is 1. The van der Waals surface area contributed by atoms with E-state index in [4.69, 9.17) is 28.3 Å². The lowest BCUT2D eigenvalue weighted by atomic mass is 10.2. The number of benzene rings is 2. The molecule has 4 nitrogen and oxygen atoms in total. The van der Waals surface area contributed by atoms with Crippen LogP contribution in [0, 0.1) is 0 Å². The molecule has 7 heteroatoms. The largest absolute Gasteiger partial charge is 0.478 e. The topological polar surface area (TPSA) is 71.4 Å². The summed E-state index contributed by atoms with van der Waals surface area (Å²) in [6.07, 6.45) is 0. The van der Waals surface area contributed by atoms with Gasteiger partial charge in [0, 0.05) is 0 Å². The van der Waals surface area contributed by atoms with Crippen LogP contribution in [-0.2, 0) is 15.6 Å². The molecule has 0 bridgehead atoms. The van der Waals surface area contributed by atoms with E-state index in [1.807, 2.05) is 0 Å². The Bertz CT molecular complexity index is 786. The highest BCUT2D eigenvalue weighted by atomic mass is 35.5. The van der Waals surface area contributed by atoms with E-state index in [1.165, 1.54) is 12.1 Å². The number of carboxylic acid groups (broad SMARTS) is 1. The van der Waals surface area contributed by atoms with E-state index in [1.54, 1.807) is 30.3 Å². The Balaban J connectivity index is 2.51. The third-order valence-corrected chi connectivity index (χ3v) is 5.35. The van der Waals surface area contributed by atoms with E-state index in [0.29, 0.717) is 5.56 Å². The highest BCUT2D eigenvalue weighted by Gasteiger charge is 2.25. The Morgan fingerprint density at radius 1 is 1.05 bits per heavy atom. The molecule has 0 saturated heterocycles. The zero-order valence-corrected chi connectivity index (χ0v) is 12.9. The van der Waals surface area contributed by atoms with Gasteiger partial charge < -0.3 is 5.11 Å². The molecule has 0 aliphatic heterocycles. The van der Waals surface area contributed by atoms with E-state index in [9.17, 15) is 13.2 Å². The molecule has 110 valence electrons. The molecular weight excluding hydrogens is 335 g/mol. The first-order valence-electron chi connectivity index (χ1n) is 5.81. The first kappa shape index (κ1) is 15.8. The van der Waals surface area contributed by atoms with Crippen LogP contribution >= 0.6 is 23.2 Å². The van der Waals surface area contributed by atoms with Gasteiger partial charge in [-0.05, 0) is 17.7 Å². The third kappa shape index (κ3) is 3.37. The van der Waals surface area contributed by atoms with Crippen molar-refractivity contribution < 1.29 is 18.3 Å². The van der Waals surface area contributed by atoms with Gasteiger partial charge in [0.05, 0.1) is 26.3 Å².